The van der Waals surface area contributed by atoms with Crippen molar-refractivity contribution in [3.63, 3.8) is 0 Å². The van der Waals surface area contributed by atoms with Gasteiger partial charge in [-0.1, -0.05) is 6.92 Å². The van der Waals surface area contributed by atoms with Gasteiger partial charge in [0.2, 0.25) is 0 Å². The number of urea groups is 1. The molecular weight excluding hydrogens is 136 g/mol. The van der Waals surface area contributed by atoms with Gasteiger partial charge in [0.15, 0.2) is 0 Å². The van der Waals surface area contributed by atoms with E-state index in [1.165, 1.54) is 0 Å². The Balaban J connectivity index is 2.96. The van der Waals surface area contributed by atoms with Crippen molar-refractivity contribution < 1.29 is 9.63 Å². The first-order valence-corrected chi connectivity index (χ1v) is 2.94. The molecule has 10 heavy (non-hydrogen) atoms. The summed E-state index contributed by atoms with van der Waals surface area (Å²) < 4.78 is 0. The van der Waals surface area contributed by atoms with Crippen LogP contribution in [0.4, 0.5) is 4.79 Å². The molecule has 0 unspecified atom stereocenters. The second kappa shape index (κ2) is 6.27. The highest BCUT2D eigenvalue weighted by Gasteiger charge is 1.91. The van der Waals surface area contributed by atoms with Crippen LogP contribution >= 0.6 is 0 Å². The average molecular weight is 148 g/mol. The van der Waals surface area contributed by atoms with E-state index in [-0.39, 0.29) is 0 Å². The Morgan fingerprint density at radius 2 is 2.40 bits per heavy atom. The Morgan fingerprint density at radius 3 is 2.90 bits per heavy atom. The number of nitrogens with one attached hydrogen (secondary N) is 3. The van der Waals surface area contributed by atoms with Gasteiger partial charge in [0.05, 0.1) is 6.61 Å². The van der Waals surface area contributed by atoms with E-state index in [4.69, 9.17) is 5.84 Å². The molecule has 0 fully saturated rings. The van der Waals surface area contributed by atoms with Crippen LogP contribution in [0.25, 0.3) is 0 Å². The summed E-state index contributed by atoms with van der Waals surface area (Å²) in [5.74, 6) is 4.73. The zero-order valence-corrected chi connectivity index (χ0v) is 5.81. The molecule has 0 heterocycles. The molecule has 0 spiro atoms. The van der Waals surface area contributed by atoms with E-state index in [1.54, 1.807) is 0 Å². The third kappa shape index (κ3) is 5.29. The molecule has 60 valence electrons. The van der Waals surface area contributed by atoms with Crippen molar-refractivity contribution in [2.24, 2.45) is 5.84 Å². The van der Waals surface area contributed by atoms with Crippen LogP contribution in [-0.2, 0) is 4.84 Å². The van der Waals surface area contributed by atoms with Crippen LogP contribution < -0.4 is 22.3 Å². The second-order valence-electron chi connectivity index (χ2n) is 1.55. The zero-order valence-electron chi connectivity index (χ0n) is 5.81. The van der Waals surface area contributed by atoms with Crippen molar-refractivity contribution in [2.45, 2.75) is 13.3 Å². The summed E-state index contributed by atoms with van der Waals surface area (Å²) in [5, 5.41) is 0. The summed E-state index contributed by atoms with van der Waals surface area (Å²) in [6.07, 6.45) is 0.874. The maximum absolute atomic E-state index is 10.3. The minimum atomic E-state index is -0.545. The minimum absolute atomic E-state index is 0.533. The maximum atomic E-state index is 10.3. The van der Waals surface area contributed by atoms with E-state index in [1.807, 2.05) is 12.3 Å². The fourth-order valence-corrected chi connectivity index (χ4v) is 0.272. The molecule has 0 aromatic rings. The fraction of sp³-hybridized carbons (Fsp3) is 0.750. The van der Waals surface area contributed by atoms with Gasteiger partial charge in [-0.15, -0.1) is 5.59 Å². The van der Waals surface area contributed by atoms with E-state index >= 15 is 0 Å². The molecule has 0 radical (unpaired) electrons. The third-order valence-corrected chi connectivity index (χ3v) is 0.674. The van der Waals surface area contributed by atoms with Crippen LogP contribution in [0.15, 0.2) is 0 Å². The molecule has 6 nitrogen and oxygen atoms in total. The van der Waals surface area contributed by atoms with E-state index in [0.29, 0.717) is 6.61 Å². The van der Waals surface area contributed by atoms with E-state index in [9.17, 15) is 4.79 Å². The summed E-state index contributed by atoms with van der Waals surface area (Å²) in [4.78, 5) is 15.0. The SMILES string of the molecule is CCCONNC(=O)NN. The van der Waals surface area contributed by atoms with Crippen LogP contribution in [0.2, 0.25) is 0 Å². The largest absolute Gasteiger partial charge is 0.345 e. The number of hydrazine groups is 2. The molecule has 0 rings (SSSR count). The van der Waals surface area contributed by atoms with Crippen molar-refractivity contribution in [3.8, 4) is 0 Å². The molecule has 6 heteroatoms. The summed E-state index contributed by atoms with van der Waals surface area (Å²) in [5.41, 5.74) is 6.16. The lowest BCUT2D eigenvalue weighted by Gasteiger charge is -2.04. The highest BCUT2D eigenvalue weighted by molar-refractivity contribution is 5.72. The Morgan fingerprint density at radius 1 is 1.70 bits per heavy atom. The smallest absolute Gasteiger partial charge is 0.282 e. The van der Waals surface area contributed by atoms with Gasteiger partial charge in [-0.05, 0) is 6.42 Å². The summed E-state index contributed by atoms with van der Waals surface area (Å²) in [7, 11) is 0. The first-order valence-electron chi connectivity index (χ1n) is 2.94. The second-order valence-corrected chi connectivity index (χ2v) is 1.55. The predicted molar refractivity (Wildman–Crippen MR) is 35.2 cm³/mol. The van der Waals surface area contributed by atoms with Crippen LogP contribution in [0, 0.1) is 0 Å². The van der Waals surface area contributed by atoms with Crippen molar-refractivity contribution in [3.05, 3.63) is 0 Å². The van der Waals surface area contributed by atoms with Gasteiger partial charge in [-0.2, -0.15) is 0 Å². The van der Waals surface area contributed by atoms with Crippen LogP contribution in [0.1, 0.15) is 13.3 Å². The van der Waals surface area contributed by atoms with Crippen LogP contribution in [-0.4, -0.2) is 12.6 Å². The Hall–Kier alpha value is -0.850. The molecule has 2 amide bonds. The lowest BCUT2D eigenvalue weighted by Crippen LogP contribution is -2.46. The van der Waals surface area contributed by atoms with Crippen molar-refractivity contribution >= 4 is 6.03 Å². The molecule has 0 aliphatic rings. The minimum Gasteiger partial charge on any atom is -0.282 e. The average Bonchev–Trinajstić information content (AvgIpc) is 1.98. The highest BCUT2D eigenvalue weighted by atomic mass is 16.7. The molecule has 5 N–H and O–H groups in total. The molecule has 0 saturated heterocycles. The van der Waals surface area contributed by atoms with Crippen molar-refractivity contribution in [1.82, 2.24) is 16.4 Å². The van der Waals surface area contributed by atoms with Crippen LogP contribution in [0.3, 0.4) is 0 Å². The van der Waals surface area contributed by atoms with E-state index in [2.05, 4.69) is 15.9 Å². The standard InChI is InChI=1S/C4H12N4O2/c1-2-3-10-8-7-4(9)6-5/h8H,2-3,5H2,1H3,(H2,6,7,9). The van der Waals surface area contributed by atoms with Crippen molar-refractivity contribution in [2.75, 3.05) is 6.61 Å². The molecule has 0 aromatic carbocycles. The summed E-state index contributed by atoms with van der Waals surface area (Å²) in [6, 6.07) is -0.545. The lowest BCUT2D eigenvalue weighted by atomic mass is 10.5. The first kappa shape index (κ1) is 9.15. The molecular formula is C4H12N4O2. The van der Waals surface area contributed by atoms with E-state index in [0.717, 1.165) is 6.42 Å². The van der Waals surface area contributed by atoms with Gasteiger partial charge in [-0.3, -0.25) is 10.3 Å². The number of nitrogens with two attached hydrogens (primary N) is 1. The van der Waals surface area contributed by atoms with Gasteiger partial charge in [-0.25, -0.2) is 16.1 Å². The molecule has 0 saturated carbocycles. The number of rotatable bonds is 4. The quantitative estimate of drug-likeness (QED) is 0.178. The van der Waals surface area contributed by atoms with E-state index < -0.39 is 6.03 Å². The van der Waals surface area contributed by atoms with Crippen LogP contribution in [0.5, 0.6) is 0 Å². The fourth-order valence-electron chi connectivity index (χ4n) is 0.272. The molecule has 0 aromatic heterocycles. The van der Waals surface area contributed by atoms with Gasteiger partial charge in [0.25, 0.3) is 0 Å². The van der Waals surface area contributed by atoms with Gasteiger partial charge in [0, 0.05) is 0 Å². The number of hydrogen-bond acceptors (Lipinski definition) is 4. The number of carbonyl (C=O) groups is 1. The monoisotopic (exact) mass is 148 g/mol. The topological polar surface area (TPSA) is 88.4 Å². The molecule has 0 aliphatic carbocycles. The Labute approximate surface area is 59.0 Å². The maximum Gasteiger partial charge on any atom is 0.345 e. The lowest BCUT2D eigenvalue weighted by molar-refractivity contribution is 0.0196. The summed E-state index contributed by atoms with van der Waals surface area (Å²) in [6.45, 7) is 2.48. The predicted octanol–water partition coefficient (Wildman–Crippen LogP) is -0.994. The van der Waals surface area contributed by atoms with Gasteiger partial charge >= 0.3 is 6.03 Å². The normalized spacial score (nSPS) is 9.00. The highest BCUT2D eigenvalue weighted by Crippen LogP contribution is 1.71. The van der Waals surface area contributed by atoms with Gasteiger partial charge < -0.3 is 0 Å². The number of carbonyl (C=O) groups excluding carboxylic acids is 1. The van der Waals surface area contributed by atoms with Gasteiger partial charge in [0.1, 0.15) is 0 Å². The molecule has 0 bridgehead atoms. The number of amides is 2. The third-order valence-electron chi connectivity index (χ3n) is 0.674. The molecule has 0 aliphatic heterocycles. The number of hydrogen-bond donors (Lipinski definition) is 4. The Kier molecular flexibility index (Phi) is 5.74. The summed E-state index contributed by atoms with van der Waals surface area (Å²) >= 11 is 0. The zero-order chi connectivity index (χ0) is 7.82. The molecule has 0 atom stereocenters. The first-order chi connectivity index (χ1) is 4.81. The Bertz CT molecular complexity index is 97.3. The van der Waals surface area contributed by atoms with Crippen molar-refractivity contribution in [1.29, 1.82) is 0 Å².